The van der Waals surface area contributed by atoms with Crippen LogP contribution in [0.1, 0.15) is 19.8 Å². The zero-order valence-corrected chi connectivity index (χ0v) is 9.73. The first-order chi connectivity index (χ1) is 7.66. The standard InChI is InChI=1S/C11H18N4O/c1-8-9(4-3-6-12-8)11(16)13-10-5-7-15(2)14-10/h5,7-9,12H,3-4,6H2,1-2H3,(H,13,14,16). The molecule has 88 valence electrons. The molecule has 1 saturated heterocycles. The number of nitrogens with one attached hydrogen (secondary N) is 2. The van der Waals surface area contributed by atoms with Crippen LogP contribution in [-0.2, 0) is 11.8 Å². The summed E-state index contributed by atoms with van der Waals surface area (Å²) in [6.07, 6.45) is 3.83. The Morgan fingerprint density at radius 2 is 2.50 bits per heavy atom. The number of aryl methyl sites for hydroxylation is 1. The van der Waals surface area contributed by atoms with Crippen LogP contribution < -0.4 is 10.6 Å². The second-order valence-electron chi connectivity index (χ2n) is 4.36. The van der Waals surface area contributed by atoms with Gasteiger partial charge in [0.2, 0.25) is 5.91 Å². The highest BCUT2D eigenvalue weighted by Gasteiger charge is 2.27. The van der Waals surface area contributed by atoms with Crippen molar-refractivity contribution in [3.8, 4) is 0 Å². The molecule has 0 aliphatic carbocycles. The van der Waals surface area contributed by atoms with Crippen LogP contribution >= 0.6 is 0 Å². The van der Waals surface area contributed by atoms with Crippen LogP contribution in [0, 0.1) is 5.92 Å². The molecule has 1 aliphatic rings. The Hall–Kier alpha value is -1.36. The molecular weight excluding hydrogens is 204 g/mol. The number of anilines is 1. The minimum Gasteiger partial charge on any atom is -0.313 e. The van der Waals surface area contributed by atoms with Gasteiger partial charge in [-0.05, 0) is 26.3 Å². The lowest BCUT2D eigenvalue weighted by molar-refractivity contribution is -0.121. The lowest BCUT2D eigenvalue weighted by atomic mass is 9.91. The van der Waals surface area contributed by atoms with E-state index in [0.29, 0.717) is 5.82 Å². The summed E-state index contributed by atoms with van der Waals surface area (Å²) < 4.78 is 1.68. The first-order valence-corrected chi connectivity index (χ1v) is 5.70. The van der Waals surface area contributed by atoms with Gasteiger partial charge < -0.3 is 10.6 Å². The average molecular weight is 222 g/mol. The molecule has 5 heteroatoms. The number of carbonyl (C=O) groups is 1. The SMILES string of the molecule is CC1NCCCC1C(=O)Nc1ccn(C)n1. The predicted octanol–water partition coefficient (Wildman–Crippen LogP) is 0.747. The third-order valence-electron chi connectivity index (χ3n) is 3.06. The normalized spacial score (nSPS) is 25.4. The van der Waals surface area contributed by atoms with E-state index < -0.39 is 0 Å². The molecule has 2 rings (SSSR count). The van der Waals surface area contributed by atoms with Gasteiger partial charge in [-0.15, -0.1) is 0 Å². The van der Waals surface area contributed by atoms with Crippen molar-refractivity contribution in [2.75, 3.05) is 11.9 Å². The fourth-order valence-electron chi connectivity index (χ4n) is 2.10. The predicted molar refractivity (Wildman–Crippen MR) is 62.0 cm³/mol. The van der Waals surface area contributed by atoms with Crippen molar-refractivity contribution in [3.63, 3.8) is 0 Å². The van der Waals surface area contributed by atoms with Gasteiger partial charge in [-0.25, -0.2) is 0 Å². The van der Waals surface area contributed by atoms with E-state index in [1.165, 1.54) is 0 Å². The van der Waals surface area contributed by atoms with E-state index in [-0.39, 0.29) is 17.9 Å². The van der Waals surface area contributed by atoms with E-state index in [4.69, 9.17) is 0 Å². The maximum absolute atomic E-state index is 12.0. The summed E-state index contributed by atoms with van der Waals surface area (Å²) in [7, 11) is 1.83. The van der Waals surface area contributed by atoms with Crippen molar-refractivity contribution in [2.24, 2.45) is 13.0 Å². The van der Waals surface area contributed by atoms with Crippen LogP contribution in [0.2, 0.25) is 0 Å². The van der Waals surface area contributed by atoms with E-state index >= 15 is 0 Å². The highest BCUT2D eigenvalue weighted by molar-refractivity contribution is 5.92. The number of aromatic nitrogens is 2. The Morgan fingerprint density at radius 1 is 1.69 bits per heavy atom. The van der Waals surface area contributed by atoms with Gasteiger partial charge in [0.25, 0.3) is 0 Å². The first kappa shape index (κ1) is 11.1. The molecule has 5 nitrogen and oxygen atoms in total. The summed E-state index contributed by atoms with van der Waals surface area (Å²) in [5.74, 6) is 0.749. The number of piperidine rings is 1. The Balaban J connectivity index is 1.96. The summed E-state index contributed by atoms with van der Waals surface area (Å²) in [5.41, 5.74) is 0. The summed E-state index contributed by atoms with van der Waals surface area (Å²) >= 11 is 0. The molecule has 0 saturated carbocycles. The second kappa shape index (κ2) is 4.65. The van der Waals surface area contributed by atoms with Crippen LogP contribution in [0.3, 0.4) is 0 Å². The first-order valence-electron chi connectivity index (χ1n) is 5.70. The van der Waals surface area contributed by atoms with Crippen molar-refractivity contribution in [3.05, 3.63) is 12.3 Å². The molecule has 1 amide bonds. The highest BCUT2D eigenvalue weighted by atomic mass is 16.2. The maximum atomic E-state index is 12.0. The fourth-order valence-corrected chi connectivity index (χ4v) is 2.10. The van der Waals surface area contributed by atoms with Crippen molar-refractivity contribution in [1.29, 1.82) is 0 Å². The van der Waals surface area contributed by atoms with E-state index in [1.807, 2.05) is 13.2 Å². The van der Waals surface area contributed by atoms with Crippen LogP contribution in [-0.4, -0.2) is 28.3 Å². The average Bonchev–Trinajstić information content (AvgIpc) is 2.64. The third kappa shape index (κ3) is 2.41. The largest absolute Gasteiger partial charge is 0.313 e. The highest BCUT2D eigenvalue weighted by Crippen LogP contribution is 2.18. The molecule has 2 atom stereocenters. The van der Waals surface area contributed by atoms with Crippen molar-refractivity contribution in [1.82, 2.24) is 15.1 Å². The Kier molecular flexibility index (Phi) is 3.24. The molecule has 16 heavy (non-hydrogen) atoms. The van der Waals surface area contributed by atoms with Gasteiger partial charge in [0.15, 0.2) is 5.82 Å². The molecule has 1 aromatic heterocycles. The Labute approximate surface area is 95.2 Å². The minimum atomic E-state index is 0.0516. The Bertz CT molecular complexity index is 374. The van der Waals surface area contributed by atoms with Crippen molar-refractivity contribution in [2.45, 2.75) is 25.8 Å². The van der Waals surface area contributed by atoms with E-state index in [2.05, 4.69) is 22.7 Å². The van der Waals surface area contributed by atoms with Gasteiger partial charge in [-0.2, -0.15) is 5.10 Å². The summed E-state index contributed by atoms with van der Waals surface area (Å²) in [6.45, 7) is 3.07. The molecule has 0 radical (unpaired) electrons. The van der Waals surface area contributed by atoms with Crippen LogP contribution in [0.25, 0.3) is 0 Å². The number of hydrogen-bond acceptors (Lipinski definition) is 3. The van der Waals surface area contributed by atoms with Gasteiger partial charge in [0.05, 0.1) is 5.92 Å². The summed E-state index contributed by atoms with van der Waals surface area (Å²) in [6, 6.07) is 2.05. The second-order valence-corrected chi connectivity index (χ2v) is 4.36. The number of hydrogen-bond donors (Lipinski definition) is 2. The maximum Gasteiger partial charge on any atom is 0.230 e. The minimum absolute atomic E-state index is 0.0516. The third-order valence-corrected chi connectivity index (χ3v) is 3.06. The molecule has 2 heterocycles. The lowest BCUT2D eigenvalue weighted by Crippen LogP contribution is -2.44. The molecule has 0 bridgehead atoms. The molecule has 2 N–H and O–H groups in total. The molecule has 1 aliphatic heterocycles. The molecule has 1 fully saturated rings. The van der Waals surface area contributed by atoms with Gasteiger partial charge in [-0.1, -0.05) is 0 Å². The van der Waals surface area contributed by atoms with Gasteiger partial charge in [0, 0.05) is 25.4 Å². The zero-order valence-electron chi connectivity index (χ0n) is 9.73. The molecular formula is C11H18N4O. The quantitative estimate of drug-likeness (QED) is 0.776. The topological polar surface area (TPSA) is 59.0 Å². The molecule has 2 unspecified atom stereocenters. The van der Waals surface area contributed by atoms with Gasteiger partial charge in [-0.3, -0.25) is 9.48 Å². The Morgan fingerprint density at radius 3 is 3.12 bits per heavy atom. The summed E-state index contributed by atoms with van der Waals surface area (Å²) in [5, 5.41) is 10.3. The number of carbonyl (C=O) groups excluding carboxylic acids is 1. The van der Waals surface area contributed by atoms with Crippen LogP contribution in [0.4, 0.5) is 5.82 Å². The van der Waals surface area contributed by atoms with Gasteiger partial charge >= 0.3 is 0 Å². The van der Waals surface area contributed by atoms with E-state index in [1.54, 1.807) is 10.7 Å². The molecule has 0 aromatic carbocycles. The van der Waals surface area contributed by atoms with Crippen LogP contribution in [0.5, 0.6) is 0 Å². The smallest absolute Gasteiger partial charge is 0.230 e. The number of nitrogens with zero attached hydrogens (tertiary/aromatic N) is 2. The van der Waals surface area contributed by atoms with E-state index in [9.17, 15) is 4.79 Å². The van der Waals surface area contributed by atoms with Crippen molar-refractivity contribution < 1.29 is 4.79 Å². The summed E-state index contributed by atoms with van der Waals surface area (Å²) in [4.78, 5) is 12.0. The lowest BCUT2D eigenvalue weighted by Gasteiger charge is -2.28. The van der Waals surface area contributed by atoms with Gasteiger partial charge in [0.1, 0.15) is 0 Å². The molecule has 1 aromatic rings. The molecule has 0 spiro atoms. The monoisotopic (exact) mass is 222 g/mol. The zero-order chi connectivity index (χ0) is 11.5. The van der Waals surface area contributed by atoms with Crippen LogP contribution in [0.15, 0.2) is 12.3 Å². The fraction of sp³-hybridized carbons (Fsp3) is 0.636. The number of amides is 1. The number of rotatable bonds is 2. The van der Waals surface area contributed by atoms with Crippen molar-refractivity contribution >= 4 is 11.7 Å². The van der Waals surface area contributed by atoms with E-state index in [0.717, 1.165) is 19.4 Å².